The fourth-order valence-corrected chi connectivity index (χ4v) is 2.64. The third kappa shape index (κ3) is 3.05. The van der Waals surface area contributed by atoms with Crippen molar-refractivity contribution < 1.29 is 0 Å². The van der Waals surface area contributed by atoms with E-state index in [4.69, 9.17) is 29.0 Å². The van der Waals surface area contributed by atoms with Gasteiger partial charge in [-0.1, -0.05) is 51.3 Å². The van der Waals surface area contributed by atoms with Crippen LogP contribution in [0.5, 0.6) is 0 Å². The molecule has 1 atom stereocenters. The van der Waals surface area contributed by atoms with Gasteiger partial charge in [-0.15, -0.1) is 0 Å². The molecule has 0 aliphatic carbocycles. The van der Waals surface area contributed by atoms with E-state index >= 15 is 0 Å². The summed E-state index contributed by atoms with van der Waals surface area (Å²) in [6.07, 6.45) is 0. The average molecular weight is 346 g/mol. The Bertz CT molecular complexity index is 560. The number of nitrogens with two attached hydrogens (primary N) is 1. The predicted octanol–water partition coefficient (Wildman–Crippen LogP) is 4.31. The van der Waals surface area contributed by atoms with Gasteiger partial charge in [0.05, 0.1) is 6.04 Å². The van der Waals surface area contributed by atoms with Crippen molar-refractivity contribution in [2.24, 2.45) is 5.84 Å². The highest BCUT2D eigenvalue weighted by molar-refractivity contribution is 9.10. The van der Waals surface area contributed by atoms with Crippen LogP contribution >= 0.6 is 39.1 Å². The van der Waals surface area contributed by atoms with Gasteiger partial charge in [-0.2, -0.15) is 0 Å². The summed E-state index contributed by atoms with van der Waals surface area (Å²) in [7, 11) is 0. The molecule has 5 heteroatoms. The van der Waals surface area contributed by atoms with Gasteiger partial charge in [0.25, 0.3) is 0 Å². The van der Waals surface area contributed by atoms with E-state index in [9.17, 15) is 0 Å². The summed E-state index contributed by atoms with van der Waals surface area (Å²) in [5.41, 5.74) is 4.73. The van der Waals surface area contributed by atoms with Gasteiger partial charge in [0.1, 0.15) is 0 Å². The summed E-state index contributed by atoms with van der Waals surface area (Å²) in [6, 6.07) is 13.0. The van der Waals surface area contributed by atoms with Crippen LogP contribution in [0.15, 0.2) is 46.9 Å². The molecule has 2 aromatic carbocycles. The number of benzene rings is 2. The van der Waals surface area contributed by atoms with Crippen molar-refractivity contribution >= 4 is 39.1 Å². The van der Waals surface area contributed by atoms with Crippen molar-refractivity contribution in [1.29, 1.82) is 0 Å². The fraction of sp³-hybridized carbons (Fsp3) is 0.0769. The lowest BCUT2D eigenvalue weighted by Gasteiger charge is -2.19. The van der Waals surface area contributed by atoms with Crippen molar-refractivity contribution in [2.45, 2.75) is 6.04 Å². The second kappa shape index (κ2) is 6.04. The summed E-state index contributed by atoms with van der Waals surface area (Å²) < 4.78 is 0.940. The molecular weight excluding hydrogens is 335 g/mol. The Balaban J connectivity index is 2.48. The van der Waals surface area contributed by atoms with Gasteiger partial charge >= 0.3 is 0 Å². The number of rotatable bonds is 3. The lowest BCUT2D eigenvalue weighted by atomic mass is 9.99. The number of nitrogens with one attached hydrogen (secondary N) is 1. The smallest absolute Gasteiger partial charge is 0.0722 e. The highest BCUT2D eigenvalue weighted by Crippen LogP contribution is 2.31. The molecule has 0 saturated heterocycles. The molecule has 0 fully saturated rings. The van der Waals surface area contributed by atoms with Gasteiger partial charge in [0, 0.05) is 14.5 Å². The zero-order chi connectivity index (χ0) is 13.1. The highest BCUT2D eigenvalue weighted by Gasteiger charge is 2.16. The molecule has 94 valence electrons. The zero-order valence-electron chi connectivity index (χ0n) is 9.33. The minimum absolute atomic E-state index is 0.170. The van der Waals surface area contributed by atoms with Gasteiger partial charge in [0.15, 0.2) is 0 Å². The summed E-state index contributed by atoms with van der Waals surface area (Å²) in [5, 5.41) is 1.33. The number of halogens is 3. The second-order valence-electron chi connectivity index (χ2n) is 3.82. The van der Waals surface area contributed by atoms with Crippen molar-refractivity contribution in [3.8, 4) is 0 Å². The normalized spacial score (nSPS) is 12.4. The van der Waals surface area contributed by atoms with Crippen molar-refractivity contribution in [3.05, 3.63) is 68.1 Å². The van der Waals surface area contributed by atoms with Gasteiger partial charge < -0.3 is 0 Å². The summed E-state index contributed by atoms with van der Waals surface area (Å²) >= 11 is 15.5. The fourth-order valence-electron chi connectivity index (χ4n) is 1.79. The van der Waals surface area contributed by atoms with E-state index in [0.717, 1.165) is 15.6 Å². The number of hydrogen-bond acceptors (Lipinski definition) is 2. The molecule has 0 spiro atoms. The molecule has 2 nitrogen and oxygen atoms in total. The Labute approximate surface area is 124 Å². The topological polar surface area (TPSA) is 38.0 Å². The van der Waals surface area contributed by atoms with Crippen molar-refractivity contribution in [1.82, 2.24) is 5.43 Å². The molecule has 2 aromatic rings. The molecule has 0 aromatic heterocycles. The SMILES string of the molecule is NNC(c1cccc(Cl)c1)c1cc(Cl)ccc1Br. The maximum absolute atomic E-state index is 6.02. The third-order valence-corrected chi connectivity index (χ3v) is 3.81. The average Bonchev–Trinajstić information content (AvgIpc) is 2.35. The Hall–Kier alpha value is -0.580. The van der Waals surface area contributed by atoms with E-state index in [1.54, 1.807) is 0 Å². The van der Waals surface area contributed by atoms with Crippen LogP contribution in [0.2, 0.25) is 10.0 Å². The molecular formula is C13H11BrCl2N2. The van der Waals surface area contributed by atoms with Crippen LogP contribution < -0.4 is 11.3 Å². The highest BCUT2D eigenvalue weighted by atomic mass is 79.9. The van der Waals surface area contributed by atoms with E-state index < -0.39 is 0 Å². The molecule has 0 aliphatic rings. The third-order valence-electron chi connectivity index (χ3n) is 2.62. The first-order chi connectivity index (χ1) is 8.61. The minimum Gasteiger partial charge on any atom is -0.271 e. The van der Waals surface area contributed by atoms with Crippen molar-refractivity contribution in [3.63, 3.8) is 0 Å². The van der Waals surface area contributed by atoms with Crippen molar-refractivity contribution in [2.75, 3.05) is 0 Å². The zero-order valence-corrected chi connectivity index (χ0v) is 12.4. The number of hydrazine groups is 1. The molecule has 18 heavy (non-hydrogen) atoms. The van der Waals surface area contributed by atoms with Crippen LogP contribution in [0.25, 0.3) is 0 Å². The van der Waals surface area contributed by atoms with Gasteiger partial charge in [-0.05, 0) is 41.5 Å². The van der Waals surface area contributed by atoms with E-state index in [0.29, 0.717) is 10.0 Å². The Morgan fingerprint density at radius 2 is 1.78 bits per heavy atom. The van der Waals surface area contributed by atoms with Crippen LogP contribution in [-0.4, -0.2) is 0 Å². The summed E-state index contributed by atoms with van der Waals surface area (Å²) in [5.74, 6) is 5.65. The van der Waals surface area contributed by atoms with Crippen LogP contribution in [-0.2, 0) is 0 Å². The molecule has 0 saturated carbocycles. The van der Waals surface area contributed by atoms with Crippen LogP contribution in [0.3, 0.4) is 0 Å². The van der Waals surface area contributed by atoms with E-state index in [1.165, 1.54) is 0 Å². The largest absolute Gasteiger partial charge is 0.271 e. The molecule has 1 unspecified atom stereocenters. The monoisotopic (exact) mass is 344 g/mol. The Morgan fingerprint density at radius 1 is 1.06 bits per heavy atom. The molecule has 3 N–H and O–H groups in total. The molecule has 0 heterocycles. The second-order valence-corrected chi connectivity index (χ2v) is 5.55. The predicted molar refractivity (Wildman–Crippen MR) is 79.8 cm³/mol. The van der Waals surface area contributed by atoms with E-state index in [-0.39, 0.29) is 6.04 Å². The van der Waals surface area contributed by atoms with Gasteiger partial charge in [0.2, 0.25) is 0 Å². The molecule has 2 rings (SSSR count). The molecule has 0 bridgehead atoms. The van der Waals surface area contributed by atoms with Gasteiger partial charge in [-0.3, -0.25) is 5.84 Å². The van der Waals surface area contributed by atoms with E-state index in [2.05, 4.69) is 21.4 Å². The lowest BCUT2D eigenvalue weighted by molar-refractivity contribution is 0.635. The maximum Gasteiger partial charge on any atom is 0.0722 e. The quantitative estimate of drug-likeness (QED) is 0.642. The maximum atomic E-state index is 6.02. The minimum atomic E-state index is -0.170. The van der Waals surface area contributed by atoms with Crippen LogP contribution in [0.1, 0.15) is 17.2 Å². The standard InChI is InChI=1S/C13H11BrCl2N2/c14-12-5-4-10(16)7-11(12)13(18-17)8-2-1-3-9(15)6-8/h1-7,13,18H,17H2. The van der Waals surface area contributed by atoms with E-state index in [1.807, 2.05) is 42.5 Å². The van der Waals surface area contributed by atoms with Crippen LogP contribution in [0.4, 0.5) is 0 Å². The lowest BCUT2D eigenvalue weighted by Crippen LogP contribution is -2.29. The first kappa shape index (κ1) is 13.8. The molecule has 0 amide bonds. The molecule has 0 aliphatic heterocycles. The van der Waals surface area contributed by atoms with Gasteiger partial charge in [-0.25, -0.2) is 5.43 Å². The summed E-state index contributed by atoms with van der Waals surface area (Å²) in [4.78, 5) is 0. The van der Waals surface area contributed by atoms with Crippen LogP contribution in [0, 0.1) is 0 Å². The summed E-state index contributed by atoms with van der Waals surface area (Å²) in [6.45, 7) is 0. The Kier molecular flexibility index (Phi) is 4.65. The Morgan fingerprint density at radius 3 is 2.44 bits per heavy atom. The molecule has 0 radical (unpaired) electrons. The first-order valence-electron chi connectivity index (χ1n) is 5.28. The number of hydrogen-bond donors (Lipinski definition) is 2. The first-order valence-corrected chi connectivity index (χ1v) is 6.83.